The van der Waals surface area contributed by atoms with Crippen LogP contribution < -0.4 is 22.1 Å². The molecule has 0 aromatic rings. The van der Waals surface area contributed by atoms with Gasteiger partial charge in [-0.1, -0.05) is 24.3 Å². The molecule has 1 aliphatic heterocycles. The molecule has 0 spiro atoms. The Morgan fingerprint density at radius 3 is 1.34 bits per heavy atom. The third-order valence-corrected chi connectivity index (χ3v) is 5.38. The van der Waals surface area contributed by atoms with Crippen LogP contribution in [0.3, 0.4) is 0 Å². The number of β-amino-alcohol motifs (C(OH)–C–C–N with tert-alkyl or cyclic N) is 2. The summed E-state index contributed by atoms with van der Waals surface area (Å²) < 4.78 is 0. The number of hydrogen-bond acceptors (Lipinski definition) is 10. The molecule has 32 heavy (non-hydrogen) atoms. The lowest BCUT2D eigenvalue weighted by atomic mass is 10.2. The van der Waals surface area contributed by atoms with Crippen LogP contribution in [0.5, 0.6) is 0 Å². The highest BCUT2D eigenvalue weighted by molar-refractivity contribution is 4.87. The van der Waals surface area contributed by atoms with Crippen molar-refractivity contribution in [3.05, 3.63) is 24.3 Å². The van der Waals surface area contributed by atoms with Crippen molar-refractivity contribution < 1.29 is 20.4 Å². The van der Waals surface area contributed by atoms with Crippen molar-refractivity contribution in [1.82, 2.24) is 20.4 Å². The van der Waals surface area contributed by atoms with Gasteiger partial charge in [0.2, 0.25) is 0 Å². The first-order chi connectivity index (χ1) is 15.4. The van der Waals surface area contributed by atoms with E-state index in [0.717, 1.165) is 26.2 Å². The second kappa shape index (κ2) is 18.5. The zero-order valence-electron chi connectivity index (χ0n) is 19.4. The zero-order valence-corrected chi connectivity index (χ0v) is 19.4. The number of piperazine rings is 1. The van der Waals surface area contributed by atoms with E-state index in [-0.39, 0.29) is 13.1 Å². The average Bonchev–Trinajstić information content (AvgIpc) is 2.79. The number of rotatable bonds is 18. The molecule has 1 fully saturated rings. The Kier molecular flexibility index (Phi) is 16.8. The predicted molar refractivity (Wildman–Crippen MR) is 128 cm³/mol. The van der Waals surface area contributed by atoms with Crippen LogP contribution >= 0.6 is 0 Å². The number of aliphatic hydroxyl groups excluding tert-OH is 4. The molecule has 0 aromatic carbocycles. The van der Waals surface area contributed by atoms with Crippen molar-refractivity contribution in [3.8, 4) is 0 Å². The number of hydrogen-bond donors (Lipinski definition) is 8. The van der Waals surface area contributed by atoms with E-state index in [2.05, 4.69) is 20.4 Å². The van der Waals surface area contributed by atoms with Gasteiger partial charge in [0.15, 0.2) is 0 Å². The monoisotopic (exact) mass is 458 g/mol. The minimum atomic E-state index is -0.488. The highest BCUT2D eigenvalue weighted by atomic mass is 16.3. The Balaban J connectivity index is 2.06. The first kappa shape index (κ1) is 29.1. The van der Waals surface area contributed by atoms with E-state index in [1.807, 2.05) is 24.3 Å². The molecular formula is C22H46N6O4. The number of nitrogens with zero attached hydrogens (tertiary/aromatic N) is 2. The van der Waals surface area contributed by atoms with Gasteiger partial charge in [-0.05, 0) is 12.8 Å². The van der Waals surface area contributed by atoms with Gasteiger partial charge >= 0.3 is 0 Å². The Morgan fingerprint density at radius 2 is 1.00 bits per heavy atom. The van der Waals surface area contributed by atoms with Crippen LogP contribution in [0.1, 0.15) is 12.8 Å². The molecule has 1 aliphatic rings. The Labute approximate surface area is 192 Å². The molecule has 0 bridgehead atoms. The van der Waals surface area contributed by atoms with E-state index in [4.69, 9.17) is 11.5 Å². The Morgan fingerprint density at radius 1 is 0.625 bits per heavy atom. The topological polar surface area (TPSA) is 164 Å². The molecule has 4 unspecified atom stereocenters. The zero-order chi connectivity index (χ0) is 23.6. The first-order valence-electron chi connectivity index (χ1n) is 11.7. The fraction of sp³-hybridized carbons (Fsp3) is 0.818. The number of aliphatic hydroxyl groups is 4. The maximum atomic E-state index is 10.2. The van der Waals surface area contributed by atoms with Gasteiger partial charge in [-0.15, -0.1) is 0 Å². The quantitative estimate of drug-likeness (QED) is 0.0786. The van der Waals surface area contributed by atoms with Crippen molar-refractivity contribution in [2.75, 3.05) is 78.5 Å². The molecule has 0 amide bonds. The highest BCUT2D eigenvalue weighted by Gasteiger charge is 2.20. The highest BCUT2D eigenvalue weighted by Crippen LogP contribution is 2.04. The molecule has 10 heteroatoms. The molecule has 4 atom stereocenters. The van der Waals surface area contributed by atoms with Crippen molar-refractivity contribution in [1.29, 1.82) is 0 Å². The average molecular weight is 459 g/mol. The summed E-state index contributed by atoms with van der Waals surface area (Å²) in [5, 5.41) is 45.6. The second-order valence-electron chi connectivity index (χ2n) is 8.42. The summed E-state index contributed by atoms with van der Waals surface area (Å²) in [6.45, 7) is 7.64. The fourth-order valence-corrected chi connectivity index (χ4v) is 3.41. The molecule has 0 aromatic heterocycles. The van der Waals surface area contributed by atoms with Gasteiger partial charge in [0.25, 0.3) is 0 Å². The van der Waals surface area contributed by atoms with Gasteiger partial charge in [-0.3, -0.25) is 9.80 Å². The van der Waals surface area contributed by atoms with Gasteiger partial charge in [0, 0.05) is 78.5 Å². The van der Waals surface area contributed by atoms with Gasteiger partial charge in [-0.2, -0.15) is 0 Å². The van der Waals surface area contributed by atoms with Crippen LogP contribution in [0.15, 0.2) is 24.3 Å². The Bertz CT molecular complexity index is 459. The van der Waals surface area contributed by atoms with Crippen molar-refractivity contribution in [2.45, 2.75) is 37.3 Å². The van der Waals surface area contributed by atoms with Crippen molar-refractivity contribution in [2.24, 2.45) is 11.5 Å². The number of nitrogens with one attached hydrogen (secondary N) is 2. The minimum absolute atomic E-state index is 0.263. The molecule has 0 saturated carbocycles. The molecule has 0 aliphatic carbocycles. The van der Waals surface area contributed by atoms with Crippen LogP contribution in [0.25, 0.3) is 0 Å². The molecule has 1 rings (SSSR count). The second-order valence-corrected chi connectivity index (χ2v) is 8.42. The summed E-state index contributed by atoms with van der Waals surface area (Å²) in [4.78, 5) is 4.50. The van der Waals surface area contributed by atoms with E-state index >= 15 is 0 Å². The maximum absolute atomic E-state index is 10.2. The largest absolute Gasteiger partial charge is 0.391 e. The molecule has 1 heterocycles. The third-order valence-electron chi connectivity index (χ3n) is 5.38. The molecule has 1 saturated heterocycles. The van der Waals surface area contributed by atoms with E-state index in [0.29, 0.717) is 52.1 Å². The molecule has 0 radical (unpaired) electrons. The standard InChI is InChI=1S/C22H46N6O4/c23-13-19(29)5-1-3-7-25-15-21(31)17-27-9-11-28(12-10-27)18-22(32)16-26-8-4-2-6-20(30)14-24/h1-4,19-22,25-26,29-32H,5-18,23-24H2. The summed E-state index contributed by atoms with van der Waals surface area (Å²) in [5.74, 6) is 0. The summed E-state index contributed by atoms with van der Waals surface area (Å²) in [5.41, 5.74) is 10.7. The van der Waals surface area contributed by atoms with Gasteiger partial charge in [-0.25, -0.2) is 0 Å². The summed E-state index contributed by atoms with van der Waals surface area (Å²) >= 11 is 0. The normalized spacial score (nSPS) is 20.2. The lowest BCUT2D eigenvalue weighted by molar-refractivity contribution is 0.0493. The van der Waals surface area contributed by atoms with E-state index in [1.54, 1.807) is 0 Å². The van der Waals surface area contributed by atoms with Crippen LogP contribution in [0.4, 0.5) is 0 Å². The molecular weight excluding hydrogens is 412 g/mol. The fourth-order valence-electron chi connectivity index (χ4n) is 3.41. The first-order valence-corrected chi connectivity index (χ1v) is 11.7. The Hall–Kier alpha value is -0.920. The van der Waals surface area contributed by atoms with Gasteiger partial charge in [0.05, 0.1) is 24.4 Å². The van der Waals surface area contributed by atoms with Crippen LogP contribution in [-0.4, -0.2) is 133 Å². The van der Waals surface area contributed by atoms with Crippen molar-refractivity contribution in [3.63, 3.8) is 0 Å². The van der Waals surface area contributed by atoms with Crippen molar-refractivity contribution >= 4 is 0 Å². The van der Waals surface area contributed by atoms with Crippen LogP contribution in [-0.2, 0) is 0 Å². The predicted octanol–water partition coefficient (Wildman–Crippen LogP) is -2.96. The van der Waals surface area contributed by atoms with Gasteiger partial charge in [0.1, 0.15) is 0 Å². The molecule has 188 valence electrons. The van der Waals surface area contributed by atoms with E-state index in [9.17, 15) is 20.4 Å². The SMILES string of the molecule is NCC(O)CC=CCNCC(O)CN1CCN(CC(O)CNCC=CCC(O)CN)CC1. The van der Waals surface area contributed by atoms with Crippen LogP contribution in [0.2, 0.25) is 0 Å². The number of nitrogens with two attached hydrogens (primary N) is 2. The van der Waals surface area contributed by atoms with Gasteiger partial charge < -0.3 is 42.5 Å². The summed E-state index contributed by atoms with van der Waals surface area (Å²) in [7, 11) is 0. The van der Waals surface area contributed by atoms with E-state index in [1.165, 1.54) is 0 Å². The lowest BCUT2D eigenvalue weighted by Gasteiger charge is -2.36. The summed E-state index contributed by atoms with van der Waals surface area (Å²) in [6.07, 6.45) is 6.92. The lowest BCUT2D eigenvalue weighted by Crippen LogP contribution is -2.51. The molecule has 10 nitrogen and oxygen atoms in total. The maximum Gasteiger partial charge on any atom is 0.0791 e. The van der Waals surface area contributed by atoms with Crippen LogP contribution in [0, 0.1) is 0 Å². The third kappa shape index (κ3) is 15.0. The smallest absolute Gasteiger partial charge is 0.0791 e. The van der Waals surface area contributed by atoms with E-state index < -0.39 is 24.4 Å². The summed E-state index contributed by atoms with van der Waals surface area (Å²) in [6, 6.07) is 0. The minimum Gasteiger partial charge on any atom is -0.391 e. The molecule has 10 N–H and O–H groups in total.